The van der Waals surface area contributed by atoms with Crippen LogP contribution < -0.4 is 0 Å². The second kappa shape index (κ2) is 9.84. The highest BCUT2D eigenvalue weighted by atomic mass is 16.7. The second-order valence-corrected chi connectivity index (χ2v) is 6.29. The van der Waals surface area contributed by atoms with Gasteiger partial charge in [0, 0.05) is 20.8 Å². The average molecular weight is 423 g/mol. The summed E-state index contributed by atoms with van der Waals surface area (Å²) in [5.74, 6) is -2.77. The quantitative estimate of drug-likeness (QED) is 0.431. The molecule has 162 valence electrons. The molecule has 1 aliphatic rings. The maximum Gasteiger partial charge on any atom is 0.356 e. The SMILES string of the molecule is COC(=O)c1c(CC#N)ncn1C1OC(COC(C)=O)C(OC(C)=O)C1OC(C)=O. The second-order valence-electron chi connectivity index (χ2n) is 6.29. The monoisotopic (exact) mass is 423 g/mol. The number of rotatable bonds is 7. The van der Waals surface area contributed by atoms with Crippen molar-refractivity contribution in [1.29, 1.82) is 5.26 Å². The molecule has 0 aliphatic carbocycles. The minimum Gasteiger partial charge on any atom is -0.464 e. The number of carbonyl (C=O) groups excluding carboxylic acids is 4. The van der Waals surface area contributed by atoms with Crippen LogP contribution >= 0.6 is 0 Å². The molecule has 12 heteroatoms. The number of hydrogen-bond donors (Lipinski definition) is 0. The first kappa shape index (κ1) is 22.8. The van der Waals surface area contributed by atoms with Crippen LogP contribution in [0.15, 0.2) is 6.33 Å². The Labute approximate surface area is 171 Å². The molecule has 0 N–H and O–H groups in total. The molecule has 12 nitrogen and oxygen atoms in total. The van der Waals surface area contributed by atoms with Gasteiger partial charge in [-0.3, -0.25) is 19.0 Å². The lowest BCUT2D eigenvalue weighted by atomic mass is 10.1. The number of hydrogen-bond acceptors (Lipinski definition) is 11. The molecule has 4 atom stereocenters. The Bertz CT molecular complexity index is 873. The molecular weight excluding hydrogens is 402 g/mol. The number of nitrogens with zero attached hydrogens (tertiary/aromatic N) is 3. The van der Waals surface area contributed by atoms with E-state index >= 15 is 0 Å². The minimum absolute atomic E-state index is 0.0871. The Hall–Kier alpha value is -3.46. The summed E-state index contributed by atoms with van der Waals surface area (Å²) in [5.41, 5.74) is 0.0397. The number of esters is 4. The van der Waals surface area contributed by atoms with Gasteiger partial charge in [0.2, 0.25) is 0 Å². The van der Waals surface area contributed by atoms with E-state index in [1.165, 1.54) is 17.8 Å². The van der Waals surface area contributed by atoms with Gasteiger partial charge in [0.25, 0.3) is 0 Å². The van der Waals surface area contributed by atoms with Crippen LogP contribution in [0, 0.1) is 11.3 Å². The van der Waals surface area contributed by atoms with Crippen molar-refractivity contribution in [3.8, 4) is 6.07 Å². The fraction of sp³-hybridized carbons (Fsp3) is 0.556. The van der Waals surface area contributed by atoms with Gasteiger partial charge >= 0.3 is 23.9 Å². The van der Waals surface area contributed by atoms with Crippen molar-refractivity contribution in [3.63, 3.8) is 0 Å². The van der Waals surface area contributed by atoms with E-state index in [1.807, 2.05) is 6.07 Å². The molecule has 2 heterocycles. The number of aromatic nitrogens is 2. The molecule has 0 amide bonds. The molecule has 1 aliphatic heterocycles. The van der Waals surface area contributed by atoms with E-state index < -0.39 is 48.4 Å². The topological polar surface area (TPSA) is 156 Å². The third-order valence-electron chi connectivity index (χ3n) is 4.11. The highest BCUT2D eigenvalue weighted by molar-refractivity contribution is 5.89. The van der Waals surface area contributed by atoms with Crippen molar-refractivity contribution in [2.75, 3.05) is 13.7 Å². The van der Waals surface area contributed by atoms with Crippen LogP contribution in [0.3, 0.4) is 0 Å². The van der Waals surface area contributed by atoms with E-state index in [-0.39, 0.29) is 24.4 Å². The number of ether oxygens (including phenoxy) is 5. The summed E-state index contributed by atoms with van der Waals surface area (Å²) in [7, 11) is 1.15. The summed E-state index contributed by atoms with van der Waals surface area (Å²) >= 11 is 0. The first-order chi connectivity index (χ1) is 14.2. The zero-order valence-electron chi connectivity index (χ0n) is 16.8. The molecule has 4 unspecified atom stereocenters. The molecule has 30 heavy (non-hydrogen) atoms. The molecule has 1 aromatic heterocycles. The minimum atomic E-state index is -1.19. The third-order valence-corrected chi connectivity index (χ3v) is 4.11. The van der Waals surface area contributed by atoms with Crippen LogP contribution in [-0.2, 0) is 44.5 Å². The van der Waals surface area contributed by atoms with Gasteiger partial charge in [-0.1, -0.05) is 0 Å². The van der Waals surface area contributed by atoms with Gasteiger partial charge < -0.3 is 23.7 Å². The van der Waals surface area contributed by atoms with E-state index in [9.17, 15) is 19.2 Å². The first-order valence-corrected chi connectivity index (χ1v) is 8.83. The van der Waals surface area contributed by atoms with Gasteiger partial charge in [-0.15, -0.1) is 0 Å². The van der Waals surface area contributed by atoms with E-state index in [0.29, 0.717) is 0 Å². The van der Waals surface area contributed by atoms with Crippen molar-refractivity contribution < 1.29 is 42.9 Å². The van der Waals surface area contributed by atoms with E-state index in [2.05, 4.69) is 4.98 Å². The Morgan fingerprint density at radius 2 is 1.77 bits per heavy atom. The van der Waals surface area contributed by atoms with Crippen LogP contribution in [0.4, 0.5) is 0 Å². The molecule has 0 spiro atoms. The molecule has 0 bridgehead atoms. The van der Waals surface area contributed by atoms with Gasteiger partial charge in [-0.25, -0.2) is 9.78 Å². The van der Waals surface area contributed by atoms with E-state index in [4.69, 9.17) is 28.9 Å². The Balaban J connectivity index is 2.51. The van der Waals surface area contributed by atoms with Crippen molar-refractivity contribution >= 4 is 23.9 Å². The van der Waals surface area contributed by atoms with Crippen LogP contribution in [0.25, 0.3) is 0 Å². The molecular formula is C18H21N3O9. The van der Waals surface area contributed by atoms with Crippen molar-refractivity contribution in [1.82, 2.24) is 9.55 Å². The lowest BCUT2D eigenvalue weighted by molar-refractivity contribution is -0.166. The standard InChI is InChI=1S/C18H21N3O9/c1-9(22)27-7-13-15(28-10(2)23)16(29-11(3)24)17(30-13)21-8-20-12(5-6-19)14(21)18(25)26-4/h8,13,15-17H,5,7H2,1-4H3. The highest BCUT2D eigenvalue weighted by Crippen LogP contribution is 2.36. The summed E-state index contributed by atoms with van der Waals surface area (Å²) in [6, 6.07) is 1.89. The number of methoxy groups -OCH3 is 1. The normalized spacial score (nSPS) is 22.6. The molecule has 1 aromatic rings. The predicted octanol–water partition coefficient (Wildman–Crippen LogP) is 0.0597. The van der Waals surface area contributed by atoms with Crippen molar-refractivity contribution in [2.45, 2.75) is 51.7 Å². The Morgan fingerprint density at radius 1 is 1.13 bits per heavy atom. The van der Waals surface area contributed by atoms with E-state index in [1.54, 1.807) is 0 Å². The molecule has 0 saturated carbocycles. The largest absolute Gasteiger partial charge is 0.464 e. The molecule has 1 saturated heterocycles. The van der Waals surface area contributed by atoms with Crippen LogP contribution in [0.1, 0.15) is 43.2 Å². The fourth-order valence-corrected chi connectivity index (χ4v) is 3.03. The third kappa shape index (κ3) is 5.12. The maximum atomic E-state index is 12.3. The zero-order valence-corrected chi connectivity index (χ0v) is 16.8. The fourth-order valence-electron chi connectivity index (χ4n) is 3.03. The van der Waals surface area contributed by atoms with Crippen LogP contribution in [-0.4, -0.2) is 65.5 Å². The first-order valence-electron chi connectivity index (χ1n) is 8.83. The highest BCUT2D eigenvalue weighted by Gasteiger charge is 2.51. The molecule has 1 fully saturated rings. The summed E-state index contributed by atoms with van der Waals surface area (Å²) in [5, 5.41) is 8.99. The van der Waals surface area contributed by atoms with Crippen LogP contribution in [0.5, 0.6) is 0 Å². The summed E-state index contributed by atoms with van der Waals surface area (Å²) in [4.78, 5) is 50.9. The van der Waals surface area contributed by atoms with Gasteiger partial charge in [-0.2, -0.15) is 5.26 Å². The van der Waals surface area contributed by atoms with E-state index in [0.717, 1.165) is 21.0 Å². The number of imidazole rings is 1. The van der Waals surface area contributed by atoms with Gasteiger partial charge in [0.05, 0.1) is 31.6 Å². The predicted molar refractivity (Wildman–Crippen MR) is 94.5 cm³/mol. The van der Waals surface area contributed by atoms with Gasteiger partial charge in [0.15, 0.2) is 24.1 Å². The van der Waals surface area contributed by atoms with Crippen LogP contribution in [0.2, 0.25) is 0 Å². The zero-order chi connectivity index (χ0) is 22.4. The maximum absolute atomic E-state index is 12.3. The van der Waals surface area contributed by atoms with Gasteiger partial charge in [0.1, 0.15) is 12.7 Å². The van der Waals surface area contributed by atoms with Crippen molar-refractivity contribution in [2.24, 2.45) is 0 Å². The smallest absolute Gasteiger partial charge is 0.356 e. The molecule has 2 rings (SSSR count). The number of nitriles is 1. The molecule has 0 radical (unpaired) electrons. The number of carbonyl (C=O) groups is 4. The average Bonchev–Trinajstić information content (AvgIpc) is 3.21. The summed E-state index contributed by atoms with van der Waals surface area (Å²) in [6.45, 7) is 3.20. The lowest BCUT2D eigenvalue weighted by Crippen LogP contribution is -2.40. The van der Waals surface area contributed by atoms with Gasteiger partial charge in [-0.05, 0) is 0 Å². The van der Waals surface area contributed by atoms with Crippen molar-refractivity contribution in [3.05, 3.63) is 17.7 Å². The lowest BCUT2D eigenvalue weighted by Gasteiger charge is -2.24. The Kier molecular flexibility index (Phi) is 7.48. The summed E-state index contributed by atoms with van der Waals surface area (Å²) < 4.78 is 27.4. The Morgan fingerprint density at radius 3 is 2.30 bits per heavy atom. The molecule has 0 aromatic carbocycles. The summed E-state index contributed by atoms with van der Waals surface area (Å²) in [6.07, 6.45) is -3.47.